The zero-order valence-corrected chi connectivity index (χ0v) is 16.9. The van der Waals surface area contributed by atoms with Crippen molar-refractivity contribution in [2.45, 2.75) is 4.90 Å². The van der Waals surface area contributed by atoms with Gasteiger partial charge in [-0.1, -0.05) is 11.6 Å². The van der Waals surface area contributed by atoms with E-state index >= 15 is 0 Å². The van der Waals surface area contributed by atoms with Crippen molar-refractivity contribution in [1.29, 1.82) is 0 Å². The number of nitrogens with zero attached hydrogens (tertiary/aromatic N) is 2. The van der Waals surface area contributed by atoms with E-state index in [2.05, 4.69) is 0 Å². The molecule has 0 saturated carbocycles. The molecule has 1 aliphatic rings. The van der Waals surface area contributed by atoms with E-state index in [1.54, 1.807) is 41.3 Å². The van der Waals surface area contributed by atoms with E-state index in [0.717, 1.165) is 4.31 Å². The zero-order valence-electron chi connectivity index (χ0n) is 15.4. The topological polar surface area (TPSA) is 76.2 Å². The van der Waals surface area contributed by atoms with Crippen LogP contribution < -0.4 is 9.04 Å². The first-order chi connectivity index (χ1) is 13.4. The Kier molecular flexibility index (Phi) is 6.43. The van der Waals surface area contributed by atoms with Gasteiger partial charge in [0.15, 0.2) is 0 Å². The molecule has 0 radical (unpaired) electrons. The van der Waals surface area contributed by atoms with Gasteiger partial charge < -0.3 is 14.4 Å². The number of rotatable bonds is 6. The third kappa shape index (κ3) is 4.57. The van der Waals surface area contributed by atoms with Crippen LogP contribution in [0.15, 0.2) is 53.4 Å². The molecule has 9 heteroatoms. The summed E-state index contributed by atoms with van der Waals surface area (Å²) >= 11 is 5.94. The molecule has 7 nitrogen and oxygen atoms in total. The summed E-state index contributed by atoms with van der Waals surface area (Å²) in [4.78, 5) is 14.4. The number of benzene rings is 2. The van der Waals surface area contributed by atoms with Gasteiger partial charge >= 0.3 is 0 Å². The highest BCUT2D eigenvalue weighted by Crippen LogP contribution is 2.26. The minimum atomic E-state index is -3.97. The number of anilines is 1. The maximum absolute atomic E-state index is 13.3. The lowest BCUT2D eigenvalue weighted by Crippen LogP contribution is -2.47. The molecule has 0 aromatic heterocycles. The molecule has 1 saturated heterocycles. The fraction of sp³-hybridized carbons (Fsp3) is 0.316. The van der Waals surface area contributed by atoms with Gasteiger partial charge in [-0.3, -0.25) is 9.10 Å². The second-order valence-electron chi connectivity index (χ2n) is 6.16. The fourth-order valence-electron chi connectivity index (χ4n) is 2.83. The first kappa shape index (κ1) is 20.4. The number of halogens is 1. The molecule has 1 fully saturated rings. The van der Waals surface area contributed by atoms with Crippen molar-refractivity contribution < 1.29 is 22.7 Å². The summed E-state index contributed by atoms with van der Waals surface area (Å²) in [5.74, 6) is 0.261. The number of carbonyl (C=O) groups is 1. The number of ether oxygens (including phenoxy) is 2. The minimum absolute atomic E-state index is 0.0676. The van der Waals surface area contributed by atoms with Crippen LogP contribution in [-0.4, -0.2) is 59.2 Å². The maximum atomic E-state index is 13.3. The van der Waals surface area contributed by atoms with Crippen molar-refractivity contribution in [2.24, 2.45) is 0 Å². The quantitative estimate of drug-likeness (QED) is 0.711. The van der Waals surface area contributed by atoms with Crippen LogP contribution in [0, 0.1) is 0 Å². The van der Waals surface area contributed by atoms with Gasteiger partial charge in [0, 0.05) is 18.1 Å². The molecule has 0 N–H and O–H groups in total. The van der Waals surface area contributed by atoms with Crippen molar-refractivity contribution in [2.75, 3.05) is 44.3 Å². The minimum Gasteiger partial charge on any atom is -0.497 e. The van der Waals surface area contributed by atoms with Crippen molar-refractivity contribution in [3.05, 3.63) is 53.6 Å². The summed E-state index contributed by atoms with van der Waals surface area (Å²) in [5, 5.41) is 0.477. The second-order valence-corrected chi connectivity index (χ2v) is 8.46. The summed E-state index contributed by atoms with van der Waals surface area (Å²) < 4.78 is 38.0. The molecule has 3 rings (SSSR count). The van der Waals surface area contributed by atoms with Crippen molar-refractivity contribution >= 4 is 33.2 Å². The number of carbonyl (C=O) groups excluding carboxylic acids is 1. The Morgan fingerprint density at radius 1 is 1.11 bits per heavy atom. The van der Waals surface area contributed by atoms with E-state index in [0.29, 0.717) is 42.8 Å². The van der Waals surface area contributed by atoms with Gasteiger partial charge in [0.1, 0.15) is 12.3 Å². The van der Waals surface area contributed by atoms with Crippen molar-refractivity contribution in [1.82, 2.24) is 4.90 Å². The lowest BCUT2D eigenvalue weighted by Gasteiger charge is -2.30. The summed E-state index contributed by atoms with van der Waals surface area (Å²) in [7, 11) is -2.47. The highest BCUT2D eigenvalue weighted by Gasteiger charge is 2.29. The molecule has 1 amide bonds. The lowest BCUT2D eigenvalue weighted by atomic mass is 10.3. The van der Waals surface area contributed by atoms with E-state index in [1.165, 1.54) is 19.2 Å². The first-order valence-electron chi connectivity index (χ1n) is 8.70. The summed E-state index contributed by atoms with van der Waals surface area (Å²) in [6.07, 6.45) is 0. The van der Waals surface area contributed by atoms with Crippen LogP contribution in [-0.2, 0) is 19.6 Å². The van der Waals surface area contributed by atoms with Gasteiger partial charge in [-0.05, 0) is 48.5 Å². The van der Waals surface area contributed by atoms with Crippen LogP contribution in [0.5, 0.6) is 5.75 Å². The zero-order chi connectivity index (χ0) is 20.1. The molecule has 0 atom stereocenters. The van der Waals surface area contributed by atoms with Gasteiger partial charge in [0.05, 0.1) is 30.9 Å². The van der Waals surface area contributed by atoms with Gasteiger partial charge in [0.25, 0.3) is 10.0 Å². The molecular formula is C19H21ClN2O5S. The van der Waals surface area contributed by atoms with Gasteiger partial charge in [0.2, 0.25) is 5.91 Å². The first-order valence-corrected chi connectivity index (χ1v) is 10.5. The molecule has 2 aromatic rings. The Morgan fingerprint density at radius 2 is 1.71 bits per heavy atom. The second kappa shape index (κ2) is 8.81. The Hall–Kier alpha value is -2.29. The van der Waals surface area contributed by atoms with Crippen LogP contribution in [0.2, 0.25) is 5.02 Å². The molecule has 28 heavy (non-hydrogen) atoms. The third-order valence-corrected chi connectivity index (χ3v) is 6.44. The number of hydrogen-bond donors (Lipinski definition) is 0. The molecular weight excluding hydrogens is 404 g/mol. The van der Waals surface area contributed by atoms with Crippen molar-refractivity contribution in [3.8, 4) is 5.75 Å². The predicted molar refractivity (Wildman–Crippen MR) is 106 cm³/mol. The van der Waals surface area contributed by atoms with Gasteiger partial charge in [-0.25, -0.2) is 8.42 Å². The average Bonchev–Trinajstić information content (AvgIpc) is 2.73. The largest absolute Gasteiger partial charge is 0.497 e. The van der Waals surface area contributed by atoms with E-state index < -0.39 is 10.0 Å². The number of sulfonamides is 1. The summed E-state index contributed by atoms with van der Waals surface area (Å²) in [5.41, 5.74) is 0.363. The highest BCUT2D eigenvalue weighted by molar-refractivity contribution is 7.92. The number of methoxy groups -OCH3 is 1. The summed E-state index contributed by atoms with van der Waals surface area (Å²) in [6.45, 7) is 1.46. The smallest absolute Gasteiger partial charge is 0.264 e. The molecule has 0 spiro atoms. The number of morpholine rings is 1. The number of hydrogen-bond acceptors (Lipinski definition) is 5. The average molecular weight is 425 g/mol. The van der Waals surface area contributed by atoms with E-state index in [9.17, 15) is 13.2 Å². The van der Waals surface area contributed by atoms with Gasteiger partial charge in [-0.2, -0.15) is 0 Å². The fourth-order valence-corrected chi connectivity index (χ4v) is 4.37. The van der Waals surface area contributed by atoms with E-state index in [4.69, 9.17) is 21.1 Å². The van der Waals surface area contributed by atoms with Crippen molar-refractivity contribution in [3.63, 3.8) is 0 Å². The summed E-state index contributed by atoms with van der Waals surface area (Å²) in [6, 6.07) is 12.4. The van der Waals surface area contributed by atoms with Crippen LogP contribution in [0.25, 0.3) is 0 Å². The Labute approximate surface area is 169 Å². The molecule has 1 aliphatic heterocycles. The third-order valence-electron chi connectivity index (χ3n) is 4.40. The van der Waals surface area contributed by atoms with E-state index in [1.807, 2.05) is 0 Å². The standard InChI is InChI=1S/C19H21ClN2O5S/c1-26-17-6-8-18(9-7-17)28(24,25)22(16-4-2-15(20)3-5-16)14-19(23)21-10-12-27-13-11-21/h2-9H,10-14H2,1H3. The molecule has 2 aromatic carbocycles. The SMILES string of the molecule is COc1ccc(S(=O)(=O)N(CC(=O)N2CCOCC2)c2ccc(Cl)cc2)cc1. The van der Waals surface area contributed by atoms with Gasteiger partial charge in [-0.15, -0.1) is 0 Å². The monoisotopic (exact) mass is 424 g/mol. The maximum Gasteiger partial charge on any atom is 0.264 e. The molecule has 150 valence electrons. The van der Waals surface area contributed by atoms with Crippen LogP contribution >= 0.6 is 11.6 Å². The van der Waals surface area contributed by atoms with Crippen LogP contribution in [0.3, 0.4) is 0 Å². The molecule has 0 aliphatic carbocycles. The Balaban J connectivity index is 1.94. The Morgan fingerprint density at radius 3 is 2.29 bits per heavy atom. The van der Waals surface area contributed by atoms with E-state index in [-0.39, 0.29) is 17.3 Å². The number of amides is 1. The normalized spacial score (nSPS) is 14.6. The predicted octanol–water partition coefficient (Wildman–Crippen LogP) is 2.40. The molecule has 0 bridgehead atoms. The van der Waals surface area contributed by atoms with Crippen LogP contribution in [0.1, 0.15) is 0 Å². The molecule has 1 heterocycles. The van der Waals surface area contributed by atoms with Crippen LogP contribution in [0.4, 0.5) is 5.69 Å². The highest BCUT2D eigenvalue weighted by atomic mass is 35.5. The lowest BCUT2D eigenvalue weighted by molar-refractivity contribution is -0.133. The molecule has 0 unspecified atom stereocenters. The Bertz CT molecular complexity index is 910.